The SMILES string of the molecule is N[C@@H]1C(=O)N2C(C(=O)OCc3ccc([N+](=O)[O-])cc3)C(O)CS[C@H]12. The van der Waals surface area contributed by atoms with Gasteiger partial charge in [0, 0.05) is 17.9 Å². The number of hydrogen-bond acceptors (Lipinski definition) is 8. The molecule has 0 radical (unpaired) electrons. The molecule has 0 spiro atoms. The van der Waals surface area contributed by atoms with Gasteiger partial charge in [0.15, 0.2) is 6.04 Å². The molecule has 2 fully saturated rings. The second-order valence-electron chi connectivity index (χ2n) is 5.54. The Balaban J connectivity index is 1.63. The summed E-state index contributed by atoms with van der Waals surface area (Å²) in [4.78, 5) is 35.4. The highest BCUT2D eigenvalue weighted by molar-refractivity contribution is 8.00. The fourth-order valence-corrected chi connectivity index (χ4v) is 3.98. The number of hydrogen-bond donors (Lipinski definition) is 2. The molecule has 128 valence electrons. The minimum absolute atomic E-state index is 0.0622. The van der Waals surface area contributed by atoms with E-state index in [1.165, 1.54) is 40.9 Å². The minimum Gasteiger partial charge on any atom is -0.459 e. The number of nitrogens with zero attached hydrogens (tertiary/aromatic N) is 2. The Morgan fingerprint density at radius 1 is 1.46 bits per heavy atom. The molecule has 1 aromatic rings. The molecule has 9 nitrogen and oxygen atoms in total. The van der Waals surface area contributed by atoms with E-state index in [1.54, 1.807) is 0 Å². The summed E-state index contributed by atoms with van der Waals surface area (Å²) in [6.07, 6.45) is -1.02. The van der Waals surface area contributed by atoms with Crippen LogP contribution in [0.3, 0.4) is 0 Å². The number of carbonyl (C=O) groups is 2. The Morgan fingerprint density at radius 3 is 2.75 bits per heavy atom. The third-order valence-corrected chi connectivity index (χ3v) is 5.39. The molecule has 2 heterocycles. The van der Waals surface area contributed by atoms with Crippen LogP contribution < -0.4 is 5.73 Å². The lowest BCUT2D eigenvalue weighted by Crippen LogP contribution is -2.75. The van der Waals surface area contributed by atoms with Crippen molar-refractivity contribution < 1.29 is 24.4 Å². The number of non-ortho nitro benzene ring substituents is 1. The topological polar surface area (TPSA) is 136 Å². The van der Waals surface area contributed by atoms with Gasteiger partial charge in [0.25, 0.3) is 5.69 Å². The van der Waals surface area contributed by atoms with Crippen LogP contribution in [0.25, 0.3) is 0 Å². The van der Waals surface area contributed by atoms with E-state index < -0.39 is 29.1 Å². The molecular formula is C14H15N3O6S. The van der Waals surface area contributed by atoms with Gasteiger partial charge in [-0.3, -0.25) is 14.9 Å². The Hall–Kier alpha value is -2.17. The number of ether oxygens (including phenoxy) is 1. The minimum atomic E-state index is -1.07. The van der Waals surface area contributed by atoms with Crippen LogP contribution in [0.4, 0.5) is 5.69 Å². The Bertz CT molecular complexity index is 682. The summed E-state index contributed by atoms with van der Waals surface area (Å²) in [5.74, 6) is -0.811. The number of β-lactam (4-membered cyclic amide) rings is 1. The molecule has 4 atom stereocenters. The van der Waals surface area contributed by atoms with Crippen LogP contribution in [0.1, 0.15) is 5.56 Å². The summed E-state index contributed by atoms with van der Waals surface area (Å²) >= 11 is 1.33. The molecule has 0 aliphatic carbocycles. The third kappa shape index (κ3) is 2.83. The summed E-state index contributed by atoms with van der Waals surface area (Å²) in [5.41, 5.74) is 6.19. The van der Waals surface area contributed by atoms with Gasteiger partial charge in [-0.05, 0) is 17.7 Å². The van der Waals surface area contributed by atoms with Crippen molar-refractivity contribution >= 4 is 29.3 Å². The predicted octanol–water partition coefficient (Wildman–Crippen LogP) is -0.390. The molecule has 2 saturated heterocycles. The van der Waals surface area contributed by atoms with Crippen molar-refractivity contribution in [3.63, 3.8) is 0 Å². The number of aliphatic hydroxyl groups is 1. The van der Waals surface area contributed by atoms with Gasteiger partial charge in [-0.15, -0.1) is 11.8 Å². The van der Waals surface area contributed by atoms with E-state index in [0.29, 0.717) is 11.3 Å². The Labute approximate surface area is 140 Å². The van der Waals surface area contributed by atoms with Gasteiger partial charge in [0.1, 0.15) is 18.0 Å². The number of nitrogens with two attached hydrogens (primary N) is 1. The molecule has 1 aromatic carbocycles. The highest BCUT2D eigenvalue weighted by atomic mass is 32.2. The second-order valence-corrected chi connectivity index (χ2v) is 6.69. The number of thioether (sulfide) groups is 1. The van der Waals surface area contributed by atoms with Crippen molar-refractivity contribution in [1.29, 1.82) is 0 Å². The monoisotopic (exact) mass is 353 g/mol. The lowest BCUT2D eigenvalue weighted by atomic mass is 10.0. The number of esters is 1. The van der Waals surface area contributed by atoms with Crippen molar-refractivity contribution in [2.75, 3.05) is 5.75 Å². The van der Waals surface area contributed by atoms with Gasteiger partial charge in [0.05, 0.1) is 11.0 Å². The van der Waals surface area contributed by atoms with Crippen LogP contribution in [0.15, 0.2) is 24.3 Å². The van der Waals surface area contributed by atoms with E-state index in [9.17, 15) is 24.8 Å². The molecule has 3 N–H and O–H groups in total. The van der Waals surface area contributed by atoms with Crippen molar-refractivity contribution in [3.8, 4) is 0 Å². The van der Waals surface area contributed by atoms with Gasteiger partial charge >= 0.3 is 5.97 Å². The maximum Gasteiger partial charge on any atom is 0.331 e. The smallest absolute Gasteiger partial charge is 0.331 e. The Kier molecular flexibility index (Phi) is 4.43. The van der Waals surface area contributed by atoms with E-state index >= 15 is 0 Å². The number of nitro groups is 1. The number of aliphatic hydroxyl groups excluding tert-OH is 1. The zero-order chi connectivity index (χ0) is 17.4. The number of carbonyl (C=O) groups excluding carboxylic acids is 2. The molecule has 24 heavy (non-hydrogen) atoms. The lowest BCUT2D eigenvalue weighted by Gasteiger charge is -2.52. The average Bonchev–Trinajstić information content (AvgIpc) is 2.59. The Morgan fingerprint density at radius 2 is 2.12 bits per heavy atom. The summed E-state index contributed by atoms with van der Waals surface area (Å²) < 4.78 is 5.16. The fraction of sp³-hybridized carbons (Fsp3) is 0.429. The highest BCUT2D eigenvalue weighted by Gasteiger charge is 2.56. The number of rotatable bonds is 4. The second kappa shape index (κ2) is 6.38. The lowest BCUT2D eigenvalue weighted by molar-refractivity contribution is -0.384. The van der Waals surface area contributed by atoms with E-state index in [4.69, 9.17) is 10.5 Å². The molecule has 1 amide bonds. The highest BCUT2D eigenvalue weighted by Crippen LogP contribution is 2.37. The van der Waals surface area contributed by atoms with Crippen LogP contribution in [-0.2, 0) is 20.9 Å². The van der Waals surface area contributed by atoms with Crippen molar-refractivity contribution in [1.82, 2.24) is 4.90 Å². The molecule has 2 aliphatic heterocycles. The van der Waals surface area contributed by atoms with Crippen molar-refractivity contribution in [3.05, 3.63) is 39.9 Å². The fourth-order valence-electron chi connectivity index (χ4n) is 2.69. The van der Waals surface area contributed by atoms with Gasteiger partial charge in [-0.1, -0.05) is 0 Å². The molecular weight excluding hydrogens is 338 g/mol. The van der Waals surface area contributed by atoms with Gasteiger partial charge in [-0.25, -0.2) is 4.79 Å². The normalized spacial score (nSPS) is 28.8. The van der Waals surface area contributed by atoms with Gasteiger partial charge in [0.2, 0.25) is 5.91 Å². The summed E-state index contributed by atoms with van der Waals surface area (Å²) in [5, 5.41) is 20.3. The molecule has 0 bridgehead atoms. The predicted molar refractivity (Wildman–Crippen MR) is 83.8 cm³/mol. The zero-order valence-corrected chi connectivity index (χ0v) is 13.2. The van der Waals surface area contributed by atoms with Crippen LogP contribution in [0.5, 0.6) is 0 Å². The first kappa shape index (κ1) is 16.7. The average molecular weight is 353 g/mol. The number of benzene rings is 1. The number of amides is 1. The first-order chi connectivity index (χ1) is 11.4. The van der Waals surface area contributed by atoms with Gasteiger partial charge < -0.3 is 20.5 Å². The van der Waals surface area contributed by atoms with E-state index in [0.717, 1.165) is 0 Å². The first-order valence-electron chi connectivity index (χ1n) is 7.17. The van der Waals surface area contributed by atoms with Crippen LogP contribution in [0.2, 0.25) is 0 Å². The van der Waals surface area contributed by atoms with Gasteiger partial charge in [-0.2, -0.15) is 0 Å². The number of fused-ring (bicyclic) bond motifs is 1. The summed E-state index contributed by atoms with van der Waals surface area (Å²) in [6.45, 7) is -0.105. The van der Waals surface area contributed by atoms with E-state index in [2.05, 4.69) is 0 Å². The number of nitro benzene ring substituents is 1. The summed E-state index contributed by atoms with van der Waals surface area (Å²) in [7, 11) is 0. The van der Waals surface area contributed by atoms with Crippen molar-refractivity contribution in [2.45, 2.75) is 30.2 Å². The molecule has 0 aromatic heterocycles. The quantitative estimate of drug-likeness (QED) is 0.323. The van der Waals surface area contributed by atoms with Crippen LogP contribution in [-0.4, -0.2) is 56.1 Å². The van der Waals surface area contributed by atoms with Crippen LogP contribution >= 0.6 is 11.8 Å². The molecule has 2 aliphatic rings. The standard InChI is InChI=1S/C14H15N3O6S/c15-10-12(19)16-11(9(18)6-24-13(10)16)14(20)23-5-7-1-3-8(4-2-7)17(21)22/h1-4,9-11,13,18H,5-6,15H2/t9?,10-,11?,13-/m1/s1. The van der Waals surface area contributed by atoms with E-state index in [1.807, 2.05) is 0 Å². The summed E-state index contributed by atoms with van der Waals surface area (Å²) in [6, 6.07) is 3.85. The first-order valence-corrected chi connectivity index (χ1v) is 8.22. The third-order valence-electron chi connectivity index (χ3n) is 3.99. The molecule has 0 saturated carbocycles. The maximum absolute atomic E-state index is 12.3. The molecule has 10 heteroatoms. The van der Waals surface area contributed by atoms with Crippen molar-refractivity contribution in [2.24, 2.45) is 5.73 Å². The molecule has 3 rings (SSSR count). The maximum atomic E-state index is 12.3. The van der Waals surface area contributed by atoms with E-state index in [-0.39, 0.29) is 23.6 Å². The van der Waals surface area contributed by atoms with Crippen LogP contribution in [0, 0.1) is 10.1 Å². The zero-order valence-electron chi connectivity index (χ0n) is 12.4. The molecule has 2 unspecified atom stereocenters. The largest absolute Gasteiger partial charge is 0.459 e.